The van der Waals surface area contributed by atoms with Crippen molar-refractivity contribution in [2.24, 2.45) is 0 Å². The molecule has 0 heterocycles. The molecule has 0 atom stereocenters. The van der Waals surface area contributed by atoms with Crippen LogP contribution in [0.1, 0.15) is 30.6 Å². The van der Waals surface area contributed by atoms with Crippen molar-refractivity contribution in [1.82, 2.24) is 0 Å². The summed E-state index contributed by atoms with van der Waals surface area (Å²) in [5.41, 5.74) is 1.58. The monoisotopic (exact) mass is 384 g/mol. The van der Waals surface area contributed by atoms with Gasteiger partial charge in [-0.2, -0.15) is 0 Å². The highest BCUT2D eigenvalue weighted by atomic mass is 16.5. The van der Waals surface area contributed by atoms with Gasteiger partial charge in [0.1, 0.15) is 5.75 Å². The minimum atomic E-state index is -0.417. The van der Waals surface area contributed by atoms with Crippen LogP contribution in [-0.4, -0.2) is 38.0 Å². The molecule has 7 nitrogen and oxygen atoms in total. The molecule has 0 unspecified atom stereocenters. The lowest BCUT2D eigenvalue weighted by Gasteiger charge is -2.21. The third kappa shape index (κ3) is 5.57. The summed E-state index contributed by atoms with van der Waals surface area (Å²) in [6.45, 7) is 3.66. The second-order valence-electron chi connectivity index (χ2n) is 5.94. The normalized spacial score (nSPS) is 10.1. The number of hydrogen-bond donors (Lipinski definition) is 1. The van der Waals surface area contributed by atoms with Crippen molar-refractivity contribution in [3.63, 3.8) is 0 Å². The van der Waals surface area contributed by atoms with E-state index in [0.717, 1.165) is 0 Å². The first kappa shape index (κ1) is 21.0. The topological polar surface area (TPSA) is 84.9 Å². The van der Waals surface area contributed by atoms with E-state index >= 15 is 0 Å². The maximum Gasteiger partial charge on any atom is 0.338 e. The molecule has 148 valence electrons. The Kier molecular flexibility index (Phi) is 7.56. The maximum atomic E-state index is 12.3. The Morgan fingerprint density at radius 3 is 2.32 bits per heavy atom. The lowest BCUT2D eigenvalue weighted by molar-refractivity contribution is -0.117. The molecule has 0 saturated heterocycles. The fourth-order valence-electron chi connectivity index (χ4n) is 2.63. The van der Waals surface area contributed by atoms with Gasteiger partial charge in [-0.25, -0.2) is 4.79 Å². The lowest BCUT2D eigenvalue weighted by Crippen LogP contribution is -2.32. The Morgan fingerprint density at radius 1 is 1.04 bits per heavy atom. The molecule has 0 saturated carbocycles. The first-order valence-corrected chi connectivity index (χ1v) is 8.94. The molecule has 0 aliphatic carbocycles. The standard InChI is InChI=1S/C21H24N2O5/c1-4-28-21(26)16-9-11-17(12-10-16)23(15(2)24)14-13-20(25)22-18-7-5-6-8-19(18)27-3/h5-12H,4,13-14H2,1-3H3,(H,22,25). The molecule has 0 radical (unpaired) electrons. The van der Waals surface area contributed by atoms with Crippen LogP contribution in [0.4, 0.5) is 11.4 Å². The third-order valence-corrected chi connectivity index (χ3v) is 4.01. The van der Waals surface area contributed by atoms with E-state index in [2.05, 4.69) is 5.32 Å². The van der Waals surface area contributed by atoms with Gasteiger partial charge in [-0.3, -0.25) is 9.59 Å². The van der Waals surface area contributed by atoms with Crippen LogP contribution in [0.5, 0.6) is 5.75 Å². The third-order valence-electron chi connectivity index (χ3n) is 4.01. The van der Waals surface area contributed by atoms with Crippen molar-refractivity contribution >= 4 is 29.2 Å². The SMILES string of the molecule is CCOC(=O)c1ccc(N(CCC(=O)Nc2ccccc2OC)C(C)=O)cc1. The van der Waals surface area contributed by atoms with Crippen molar-refractivity contribution in [2.75, 3.05) is 30.5 Å². The molecule has 0 fully saturated rings. The number of esters is 1. The number of ether oxygens (including phenoxy) is 2. The summed E-state index contributed by atoms with van der Waals surface area (Å²) in [6, 6.07) is 13.6. The van der Waals surface area contributed by atoms with E-state index in [0.29, 0.717) is 29.3 Å². The Hall–Kier alpha value is -3.35. The molecule has 2 aromatic carbocycles. The zero-order valence-corrected chi connectivity index (χ0v) is 16.2. The van der Waals surface area contributed by atoms with Gasteiger partial charge in [0.2, 0.25) is 11.8 Å². The molecule has 2 rings (SSSR count). The van der Waals surface area contributed by atoms with Crippen molar-refractivity contribution in [3.05, 3.63) is 54.1 Å². The summed E-state index contributed by atoms with van der Waals surface area (Å²) in [6.07, 6.45) is 0.108. The number of amides is 2. The van der Waals surface area contributed by atoms with E-state index < -0.39 is 5.97 Å². The fraction of sp³-hybridized carbons (Fsp3) is 0.286. The van der Waals surface area contributed by atoms with Crippen LogP contribution in [0.15, 0.2) is 48.5 Å². The highest BCUT2D eigenvalue weighted by Crippen LogP contribution is 2.23. The second-order valence-corrected chi connectivity index (χ2v) is 5.94. The van der Waals surface area contributed by atoms with Gasteiger partial charge in [0.05, 0.1) is 25.0 Å². The average molecular weight is 384 g/mol. The summed E-state index contributed by atoms with van der Waals surface area (Å²) < 4.78 is 10.2. The van der Waals surface area contributed by atoms with Crippen molar-refractivity contribution < 1.29 is 23.9 Å². The molecule has 0 spiro atoms. The summed E-state index contributed by atoms with van der Waals surface area (Å²) in [5, 5.41) is 2.78. The number of carbonyl (C=O) groups is 3. The van der Waals surface area contributed by atoms with E-state index in [1.165, 1.54) is 18.9 Å². The molecule has 0 aromatic heterocycles. The number of benzene rings is 2. The van der Waals surface area contributed by atoms with Crippen molar-refractivity contribution in [3.8, 4) is 5.75 Å². The molecule has 0 aliphatic heterocycles. The van der Waals surface area contributed by atoms with E-state index in [9.17, 15) is 14.4 Å². The summed E-state index contributed by atoms with van der Waals surface area (Å²) in [4.78, 5) is 37.5. The van der Waals surface area contributed by atoms with Gasteiger partial charge >= 0.3 is 5.97 Å². The van der Waals surface area contributed by atoms with Gasteiger partial charge in [-0.1, -0.05) is 12.1 Å². The molecular formula is C21H24N2O5. The van der Waals surface area contributed by atoms with Gasteiger partial charge in [0.15, 0.2) is 0 Å². The van der Waals surface area contributed by atoms with Crippen LogP contribution in [0, 0.1) is 0 Å². The number of rotatable bonds is 8. The molecule has 2 amide bonds. The summed E-state index contributed by atoms with van der Waals surface area (Å²) >= 11 is 0. The predicted molar refractivity (Wildman–Crippen MR) is 107 cm³/mol. The number of nitrogens with one attached hydrogen (secondary N) is 1. The average Bonchev–Trinajstić information content (AvgIpc) is 2.69. The van der Waals surface area contributed by atoms with Crippen LogP contribution >= 0.6 is 0 Å². The molecule has 1 N–H and O–H groups in total. The van der Waals surface area contributed by atoms with Gasteiger partial charge in [-0.05, 0) is 43.3 Å². The first-order valence-electron chi connectivity index (χ1n) is 8.94. The maximum absolute atomic E-state index is 12.3. The molecule has 0 aliphatic rings. The quantitative estimate of drug-likeness (QED) is 0.706. The Balaban J connectivity index is 2.02. The highest BCUT2D eigenvalue weighted by molar-refractivity contribution is 5.96. The Bertz CT molecular complexity index is 833. The van der Waals surface area contributed by atoms with Crippen LogP contribution in [0.3, 0.4) is 0 Å². The minimum absolute atomic E-state index is 0.108. The number of methoxy groups -OCH3 is 1. The smallest absolute Gasteiger partial charge is 0.338 e. The van der Waals surface area contributed by atoms with Gasteiger partial charge in [-0.15, -0.1) is 0 Å². The van der Waals surface area contributed by atoms with Crippen LogP contribution in [0.25, 0.3) is 0 Å². The van der Waals surface area contributed by atoms with Gasteiger partial charge < -0.3 is 19.7 Å². The largest absolute Gasteiger partial charge is 0.495 e. The molecular weight excluding hydrogens is 360 g/mol. The molecule has 7 heteroatoms. The summed E-state index contributed by atoms with van der Waals surface area (Å²) in [5.74, 6) is -0.290. The predicted octanol–water partition coefficient (Wildman–Crippen LogP) is 3.25. The number of carbonyl (C=O) groups excluding carboxylic acids is 3. The van der Waals surface area contributed by atoms with E-state index in [1.807, 2.05) is 6.07 Å². The van der Waals surface area contributed by atoms with Crippen LogP contribution in [-0.2, 0) is 14.3 Å². The Morgan fingerprint density at radius 2 is 1.71 bits per heavy atom. The minimum Gasteiger partial charge on any atom is -0.495 e. The molecule has 28 heavy (non-hydrogen) atoms. The van der Waals surface area contributed by atoms with E-state index in [4.69, 9.17) is 9.47 Å². The Labute approximate surface area is 164 Å². The first-order chi connectivity index (χ1) is 13.5. The molecule has 0 bridgehead atoms. The van der Waals surface area contributed by atoms with Gasteiger partial charge in [0, 0.05) is 25.6 Å². The number of anilines is 2. The van der Waals surface area contributed by atoms with Gasteiger partial charge in [0.25, 0.3) is 0 Å². The number of para-hydroxylation sites is 2. The van der Waals surface area contributed by atoms with E-state index in [-0.39, 0.29) is 24.8 Å². The zero-order chi connectivity index (χ0) is 20.5. The number of hydrogen-bond acceptors (Lipinski definition) is 5. The van der Waals surface area contributed by atoms with Crippen LogP contribution < -0.4 is 15.0 Å². The van der Waals surface area contributed by atoms with Crippen molar-refractivity contribution in [1.29, 1.82) is 0 Å². The fourth-order valence-corrected chi connectivity index (χ4v) is 2.63. The van der Waals surface area contributed by atoms with Crippen LogP contribution in [0.2, 0.25) is 0 Å². The lowest BCUT2D eigenvalue weighted by atomic mass is 10.2. The number of nitrogens with zero attached hydrogens (tertiary/aromatic N) is 1. The zero-order valence-electron chi connectivity index (χ0n) is 16.2. The van der Waals surface area contributed by atoms with Crippen molar-refractivity contribution in [2.45, 2.75) is 20.3 Å². The molecule has 2 aromatic rings. The summed E-state index contributed by atoms with van der Waals surface area (Å²) in [7, 11) is 1.53. The second kappa shape index (κ2) is 10.1. The van der Waals surface area contributed by atoms with E-state index in [1.54, 1.807) is 49.4 Å². The highest BCUT2D eigenvalue weighted by Gasteiger charge is 2.15.